The minimum atomic E-state index is -3.80. The zero-order chi connectivity index (χ0) is 23.2. The summed E-state index contributed by atoms with van der Waals surface area (Å²) in [6.45, 7) is 0.233. The third-order valence-electron chi connectivity index (χ3n) is 6.67. The van der Waals surface area contributed by atoms with Crippen molar-refractivity contribution in [2.75, 3.05) is 25.6 Å². The Bertz CT molecular complexity index is 1280. The number of anilines is 1. The van der Waals surface area contributed by atoms with Gasteiger partial charge in [-0.25, -0.2) is 12.8 Å². The van der Waals surface area contributed by atoms with Gasteiger partial charge in [-0.15, -0.1) is 0 Å². The summed E-state index contributed by atoms with van der Waals surface area (Å²) in [5.41, 5.74) is 2.69. The molecule has 3 aromatic carbocycles. The summed E-state index contributed by atoms with van der Waals surface area (Å²) in [6.07, 6.45) is 0.613. The number of ether oxygens (including phenoxy) is 1. The van der Waals surface area contributed by atoms with Crippen LogP contribution in [0.4, 0.5) is 10.1 Å². The van der Waals surface area contributed by atoms with Gasteiger partial charge >= 0.3 is 0 Å². The predicted octanol–water partition coefficient (Wildman–Crippen LogP) is 4.04. The molecule has 0 radical (unpaired) electrons. The molecular formula is C25H25FN2O4S. The quantitative estimate of drug-likeness (QED) is 0.591. The van der Waals surface area contributed by atoms with Crippen molar-refractivity contribution in [2.24, 2.45) is 5.92 Å². The van der Waals surface area contributed by atoms with E-state index in [0.29, 0.717) is 29.8 Å². The largest absolute Gasteiger partial charge is 0.497 e. The van der Waals surface area contributed by atoms with Crippen LogP contribution in [0.2, 0.25) is 0 Å². The Kier molecular flexibility index (Phi) is 5.60. The van der Waals surface area contributed by atoms with Crippen LogP contribution >= 0.6 is 0 Å². The Labute approximate surface area is 192 Å². The maximum atomic E-state index is 14.5. The van der Waals surface area contributed by atoms with Gasteiger partial charge in [0.05, 0.1) is 30.7 Å². The molecule has 2 heterocycles. The van der Waals surface area contributed by atoms with Crippen molar-refractivity contribution < 1.29 is 22.7 Å². The van der Waals surface area contributed by atoms with Crippen LogP contribution in [0.5, 0.6) is 5.75 Å². The van der Waals surface area contributed by atoms with Crippen molar-refractivity contribution in [3.05, 3.63) is 78.1 Å². The zero-order valence-corrected chi connectivity index (χ0v) is 18.9. The van der Waals surface area contributed by atoms with Crippen LogP contribution in [0.15, 0.2) is 71.6 Å². The first-order valence-electron chi connectivity index (χ1n) is 10.9. The highest BCUT2D eigenvalue weighted by Crippen LogP contribution is 2.49. The topological polar surface area (TPSA) is 78.9 Å². The summed E-state index contributed by atoms with van der Waals surface area (Å²) >= 11 is 0. The van der Waals surface area contributed by atoms with Crippen LogP contribution in [-0.2, 0) is 10.0 Å². The fourth-order valence-electron chi connectivity index (χ4n) is 5.04. The molecular weight excluding hydrogens is 443 g/mol. The van der Waals surface area contributed by atoms with Crippen LogP contribution in [-0.4, -0.2) is 44.1 Å². The summed E-state index contributed by atoms with van der Waals surface area (Å²) in [5, 5.41) is 13.4. The second-order valence-corrected chi connectivity index (χ2v) is 10.3. The monoisotopic (exact) mass is 468 g/mol. The van der Waals surface area contributed by atoms with E-state index in [-0.39, 0.29) is 29.3 Å². The molecule has 1 fully saturated rings. The van der Waals surface area contributed by atoms with Crippen LogP contribution in [0.1, 0.15) is 18.0 Å². The molecule has 3 atom stereocenters. The Morgan fingerprint density at radius 1 is 1.12 bits per heavy atom. The number of sulfonamides is 1. The average molecular weight is 469 g/mol. The van der Waals surface area contributed by atoms with E-state index in [4.69, 9.17) is 4.74 Å². The highest BCUT2D eigenvalue weighted by molar-refractivity contribution is 7.89. The number of fused-ring (bicyclic) bond motifs is 3. The van der Waals surface area contributed by atoms with Crippen molar-refractivity contribution in [3.8, 4) is 16.9 Å². The standard InChI is InChI=1S/C25H25FN2O4S/c1-32-17-7-9-18(10-8-17)33(30,31)28-13-12-20-24(15-29)27-23-11-6-16(14-21(23)25(20)28)19-4-2-3-5-22(19)26/h2-11,14,20,24-25,27,29H,12-13,15H2,1H3/t20-,24+,25-/m0/s1. The summed E-state index contributed by atoms with van der Waals surface area (Å²) in [4.78, 5) is 0.190. The number of hydrogen-bond donors (Lipinski definition) is 2. The number of methoxy groups -OCH3 is 1. The van der Waals surface area contributed by atoms with E-state index in [9.17, 15) is 17.9 Å². The lowest BCUT2D eigenvalue weighted by molar-refractivity contribution is 0.210. The molecule has 3 aromatic rings. The fourth-order valence-corrected chi connectivity index (χ4v) is 6.70. The highest BCUT2D eigenvalue weighted by Gasteiger charge is 2.48. The number of aliphatic hydroxyl groups excluding tert-OH is 1. The van der Waals surface area contributed by atoms with E-state index < -0.39 is 16.1 Å². The van der Waals surface area contributed by atoms with E-state index in [1.54, 1.807) is 42.5 Å². The minimum absolute atomic E-state index is 0.105. The van der Waals surface area contributed by atoms with E-state index in [1.807, 2.05) is 18.2 Å². The molecule has 8 heteroatoms. The number of hydrogen-bond acceptors (Lipinski definition) is 5. The molecule has 5 rings (SSSR count). The smallest absolute Gasteiger partial charge is 0.243 e. The van der Waals surface area contributed by atoms with E-state index in [1.165, 1.54) is 17.5 Å². The first kappa shape index (κ1) is 21.9. The van der Waals surface area contributed by atoms with E-state index in [2.05, 4.69) is 5.32 Å². The third-order valence-corrected chi connectivity index (χ3v) is 8.57. The maximum Gasteiger partial charge on any atom is 0.243 e. The maximum absolute atomic E-state index is 14.5. The van der Waals surface area contributed by atoms with Crippen molar-refractivity contribution in [3.63, 3.8) is 0 Å². The number of halogens is 1. The van der Waals surface area contributed by atoms with Gasteiger partial charge in [0.1, 0.15) is 11.6 Å². The molecule has 33 heavy (non-hydrogen) atoms. The summed E-state index contributed by atoms with van der Waals surface area (Å²) in [6, 6.07) is 17.7. The zero-order valence-electron chi connectivity index (χ0n) is 18.1. The van der Waals surface area contributed by atoms with Crippen molar-refractivity contribution in [1.82, 2.24) is 4.31 Å². The lowest BCUT2D eigenvalue weighted by Crippen LogP contribution is -2.42. The number of nitrogens with one attached hydrogen (secondary N) is 1. The van der Waals surface area contributed by atoms with E-state index >= 15 is 0 Å². The van der Waals surface area contributed by atoms with Gasteiger partial charge in [-0.2, -0.15) is 4.31 Å². The lowest BCUT2D eigenvalue weighted by atomic mass is 9.82. The first-order valence-corrected chi connectivity index (χ1v) is 12.3. The molecule has 0 unspecified atom stereocenters. The van der Waals surface area contributed by atoms with Gasteiger partial charge in [-0.3, -0.25) is 0 Å². The Morgan fingerprint density at radius 2 is 1.88 bits per heavy atom. The molecule has 172 valence electrons. The van der Waals surface area contributed by atoms with Crippen molar-refractivity contribution >= 4 is 15.7 Å². The third kappa shape index (κ3) is 3.68. The Morgan fingerprint density at radius 3 is 2.58 bits per heavy atom. The summed E-state index contributed by atoms with van der Waals surface area (Å²) in [5.74, 6) is 0.141. The molecule has 1 saturated heterocycles. The number of benzene rings is 3. The number of rotatable bonds is 5. The molecule has 0 spiro atoms. The average Bonchev–Trinajstić information content (AvgIpc) is 3.30. The predicted molar refractivity (Wildman–Crippen MR) is 124 cm³/mol. The molecule has 0 amide bonds. The molecule has 0 aliphatic carbocycles. The Hall–Kier alpha value is -2.94. The lowest BCUT2D eigenvalue weighted by Gasteiger charge is -2.39. The molecule has 0 saturated carbocycles. The second-order valence-electron chi connectivity index (χ2n) is 8.40. The summed E-state index contributed by atoms with van der Waals surface area (Å²) in [7, 11) is -2.27. The van der Waals surface area contributed by atoms with Crippen LogP contribution in [0.3, 0.4) is 0 Å². The minimum Gasteiger partial charge on any atom is -0.497 e. The molecule has 0 bridgehead atoms. The second kappa shape index (κ2) is 8.44. The molecule has 6 nitrogen and oxygen atoms in total. The van der Waals surface area contributed by atoms with Gasteiger partial charge in [0.2, 0.25) is 10.0 Å². The first-order chi connectivity index (χ1) is 15.9. The van der Waals surface area contributed by atoms with Crippen LogP contribution in [0, 0.1) is 11.7 Å². The van der Waals surface area contributed by atoms with Gasteiger partial charge in [-0.1, -0.05) is 24.3 Å². The van der Waals surface area contributed by atoms with Gasteiger partial charge in [0.15, 0.2) is 0 Å². The summed E-state index contributed by atoms with van der Waals surface area (Å²) < 4.78 is 48.4. The van der Waals surface area contributed by atoms with E-state index in [0.717, 1.165) is 11.3 Å². The highest BCUT2D eigenvalue weighted by atomic mass is 32.2. The SMILES string of the molecule is COc1ccc(S(=O)(=O)N2CC[C@@H]3[C@H]2c2cc(-c4ccccc4F)ccc2N[C@@H]3CO)cc1. The van der Waals surface area contributed by atoms with Gasteiger partial charge in [-0.05, 0) is 60.0 Å². The van der Waals surface area contributed by atoms with Crippen molar-refractivity contribution in [1.29, 1.82) is 0 Å². The molecule has 2 aliphatic heterocycles. The Balaban J connectivity index is 1.60. The number of aliphatic hydroxyl groups is 1. The molecule has 0 aromatic heterocycles. The van der Waals surface area contributed by atoms with Gasteiger partial charge < -0.3 is 15.2 Å². The van der Waals surface area contributed by atoms with Gasteiger partial charge in [0.25, 0.3) is 0 Å². The van der Waals surface area contributed by atoms with Gasteiger partial charge in [0, 0.05) is 23.7 Å². The number of nitrogens with zero attached hydrogens (tertiary/aromatic N) is 1. The van der Waals surface area contributed by atoms with Crippen molar-refractivity contribution in [2.45, 2.75) is 23.4 Å². The molecule has 2 N–H and O–H groups in total. The van der Waals surface area contributed by atoms with Crippen LogP contribution in [0.25, 0.3) is 11.1 Å². The van der Waals surface area contributed by atoms with Crippen LogP contribution < -0.4 is 10.1 Å². The normalized spacial score (nSPS) is 22.3. The molecule has 2 aliphatic rings. The fraction of sp³-hybridized carbons (Fsp3) is 0.280.